The summed E-state index contributed by atoms with van der Waals surface area (Å²) in [5.74, 6) is 1.97. The van der Waals surface area contributed by atoms with Gasteiger partial charge in [0.2, 0.25) is 0 Å². The van der Waals surface area contributed by atoms with E-state index in [0.717, 1.165) is 31.2 Å². The third-order valence-electron chi connectivity index (χ3n) is 8.15. The first kappa shape index (κ1) is 25.2. The molecule has 2 saturated carbocycles. The number of halogens is 2. The van der Waals surface area contributed by atoms with E-state index in [1.807, 2.05) is 36.4 Å². The third-order valence-corrected chi connectivity index (χ3v) is 8.15. The van der Waals surface area contributed by atoms with Gasteiger partial charge in [-0.25, -0.2) is 23.5 Å². The molecule has 1 amide bonds. The molecule has 3 aromatic rings. The number of aliphatic hydroxyl groups is 1. The molecule has 4 N–H and O–H groups in total. The Kier molecular flexibility index (Phi) is 6.77. The molecule has 1 aromatic carbocycles. The second kappa shape index (κ2) is 10.2. The number of amides is 1. The van der Waals surface area contributed by atoms with Crippen LogP contribution in [0.3, 0.4) is 0 Å². The first-order valence-corrected chi connectivity index (χ1v) is 13.5. The van der Waals surface area contributed by atoms with E-state index >= 15 is 0 Å². The molecule has 2 aromatic heterocycles. The zero-order chi connectivity index (χ0) is 26.3. The van der Waals surface area contributed by atoms with Gasteiger partial charge in [-0.1, -0.05) is 30.3 Å². The molecule has 10 heteroatoms. The van der Waals surface area contributed by atoms with Gasteiger partial charge < -0.3 is 25.5 Å². The van der Waals surface area contributed by atoms with Crippen LogP contribution in [0.25, 0.3) is 11.2 Å². The van der Waals surface area contributed by atoms with E-state index in [4.69, 9.17) is 9.72 Å². The number of aromatic amines is 1. The van der Waals surface area contributed by atoms with Gasteiger partial charge in [-0.2, -0.15) is 0 Å². The predicted octanol–water partition coefficient (Wildman–Crippen LogP) is 4.78. The zero-order valence-electron chi connectivity index (χ0n) is 21.1. The molecular formula is C28H33F2N5O3. The largest absolute Gasteiger partial charge is 0.445 e. The van der Waals surface area contributed by atoms with Crippen molar-refractivity contribution in [1.82, 2.24) is 25.6 Å². The lowest BCUT2D eigenvalue weighted by molar-refractivity contribution is -0.120. The number of hydrogen-bond donors (Lipinski definition) is 4. The number of nitrogens with zero attached hydrogens (tertiary/aromatic N) is 2. The van der Waals surface area contributed by atoms with Crippen molar-refractivity contribution in [3.63, 3.8) is 0 Å². The summed E-state index contributed by atoms with van der Waals surface area (Å²) in [5, 5.41) is 16.6. The zero-order valence-corrected chi connectivity index (χ0v) is 21.1. The van der Waals surface area contributed by atoms with Crippen molar-refractivity contribution >= 4 is 17.3 Å². The number of benzene rings is 1. The SMILES string of the molecule is O=C(N[C@H](c1nc2nc([C@@H]3C[C@@](O)(C(F)F)CCN3)ccc2[nH]1)C(C1CC1)C1CC1)OCc1ccccc1. The lowest BCUT2D eigenvalue weighted by Crippen LogP contribution is -2.48. The van der Waals surface area contributed by atoms with Gasteiger partial charge in [-0.05, 0) is 74.1 Å². The summed E-state index contributed by atoms with van der Waals surface area (Å²) in [7, 11) is 0. The minimum atomic E-state index is -2.82. The maximum Gasteiger partial charge on any atom is 0.408 e. The Hall–Kier alpha value is -3.11. The fourth-order valence-corrected chi connectivity index (χ4v) is 5.80. The van der Waals surface area contributed by atoms with Crippen molar-refractivity contribution in [2.75, 3.05) is 6.54 Å². The van der Waals surface area contributed by atoms with Crippen LogP contribution in [0.4, 0.5) is 13.6 Å². The average Bonchev–Trinajstić information content (AvgIpc) is 3.86. The number of aromatic nitrogens is 3. The molecule has 0 bridgehead atoms. The number of pyridine rings is 1. The van der Waals surface area contributed by atoms with E-state index < -0.39 is 24.2 Å². The fourth-order valence-electron chi connectivity index (χ4n) is 5.80. The number of rotatable bonds is 9. The second-order valence-electron chi connectivity index (χ2n) is 11.0. The highest BCUT2D eigenvalue weighted by molar-refractivity contribution is 5.72. The average molecular weight is 526 g/mol. The van der Waals surface area contributed by atoms with Gasteiger partial charge in [0.15, 0.2) is 5.65 Å². The molecule has 8 nitrogen and oxygen atoms in total. The van der Waals surface area contributed by atoms with Crippen LogP contribution in [0, 0.1) is 17.8 Å². The number of alkyl halides is 2. The topological polar surface area (TPSA) is 112 Å². The molecule has 0 radical (unpaired) electrons. The minimum absolute atomic E-state index is 0.00654. The van der Waals surface area contributed by atoms with E-state index in [0.29, 0.717) is 34.5 Å². The summed E-state index contributed by atoms with van der Waals surface area (Å²) in [4.78, 5) is 25.7. The number of carbonyl (C=O) groups excluding carboxylic acids is 1. The van der Waals surface area contributed by atoms with Crippen LogP contribution in [0.15, 0.2) is 42.5 Å². The Labute approximate surface area is 219 Å². The number of hydrogen-bond acceptors (Lipinski definition) is 6. The van der Waals surface area contributed by atoms with Crippen molar-refractivity contribution in [2.24, 2.45) is 17.8 Å². The van der Waals surface area contributed by atoms with Crippen LogP contribution < -0.4 is 10.6 Å². The number of alkyl carbamates (subject to hydrolysis) is 1. The van der Waals surface area contributed by atoms with E-state index in [2.05, 4.69) is 20.6 Å². The Balaban J connectivity index is 1.24. The van der Waals surface area contributed by atoms with E-state index in [9.17, 15) is 18.7 Å². The minimum Gasteiger partial charge on any atom is -0.445 e. The Morgan fingerprint density at radius 1 is 1.11 bits per heavy atom. The van der Waals surface area contributed by atoms with Gasteiger partial charge in [0, 0.05) is 6.42 Å². The molecule has 3 aliphatic rings. The second-order valence-corrected chi connectivity index (χ2v) is 11.0. The Morgan fingerprint density at radius 2 is 1.84 bits per heavy atom. The molecule has 2 aliphatic carbocycles. The first-order valence-electron chi connectivity index (χ1n) is 13.5. The molecule has 3 fully saturated rings. The van der Waals surface area contributed by atoms with Crippen LogP contribution >= 0.6 is 0 Å². The van der Waals surface area contributed by atoms with E-state index in [1.54, 1.807) is 6.07 Å². The van der Waals surface area contributed by atoms with Gasteiger partial charge >= 0.3 is 6.09 Å². The lowest BCUT2D eigenvalue weighted by Gasteiger charge is -2.36. The summed E-state index contributed by atoms with van der Waals surface area (Å²) in [5.41, 5.74) is 0.608. The van der Waals surface area contributed by atoms with Crippen LogP contribution in [-0.2, 0) is 11.3 Å². The highest BCUT2D eigenvalue weighted by Gasteiger charge is 2.48. The van der Waals surface area contributed by atoms with Crippen LogP contribution in [-0.4, -0.2) is 44.7 Å². The van der Waals surface area contributed by atoms with Gasteiger partial charge in [0.25, 0.3) is 6.43 Å². The lowest BCUT2D eigenvalue weighted by atomic mass is 9.86. The van der Waals surface area contributed by atoms with Crippen molar-refractivity contribution in [3.05, 3.63) is 59.5 Å². The highest BCUT2D eigenvalue weighted by atomic mass is 19.3. The molecule has 1 aliphatic heterocycles. The number of carbonyl (C=O) groups is 1. The molecular weight excluding hydrogens is 492 g/mol. The third kappa shape index (κ3) is 5.37. The molecule has 3 atom stereocenters. The molecule has 3 heterocycles. The van der Waals surface area contributed by atoms with E-state index in [1.165, 1.54) is 0 Å². The molecule has 0 spiro atoms. The summed E-state index contributed by atoms with van der Waals surface area (Å²) < 4.78 is 32.4. The number of piperidine rings is 1. The Morgan fingerprint density at radius 3 is 2.53 bits per heavy atom. The van der Waals surface area contributed by atoms with Crippen LogP contribution in [0.1, 0.15) is 67.7 Å². The molecule has 38 heavy (non-hydrogen) atoms. The number of fused-ring (bicyclic) bond motifs is 1. The van der Waals surface area contributed by atoms with Crippen LogP contribution in [0.2, 0.25) is 0 Å². The summed E-state index contributed by atoms with van der Waals surface area (Å²) in [6.07, 6.45) is 1.13. The van der Waals surface area contributed by atoms with Gasteiger partial charge in [0.1, 0.15) is 18.0 Å². The number of ether oxygens (including phenoxy) is 1. The smallest absolute Gasteiger partial charge is 0.408 e. The standard InChI is InChI=1S/C28H33F2N5O3/c29-26(30)28(37)12-13-31-21(14-28)19-10-11-20-24(32-19)35-25(33-20)23(22(17-6-7-17)18-8-9-18)34-27(36)38-15-16-4-2-1-3-5-16/h1-5,10-11,17-18,21-23,26,31,37H,6-9,12-15H2,(H,34,36)(H,32,33,35)/t21-,23-,28+/m0/s1. The monoisotopic (exact) mass is 525 g/mol. The van der Waals surface area contributed by atoms with Gasteiger partial charge in [-0.15, -0.1) is 0 Å². The quantitative estimate of drug-likeness (QED) is 0.320. The highest BCUT2D eigenvalue weighted by Crippen LogP contribution is 2.54. The van der Waals surface area contributed by atoms with E-state index in [-0.39, 0.29) is 38.0 Å². The first-order chi connectivity index (χ1) is 18.4. The maximum absolute atomic E-state index is 13.5. The fraction of sp³-hybridized carbons (Fsp3) is 0.536. The van der Waals surface area contributed by atoms with Gasteiger partial charge in [0.05, 0.1) is 23.3 Å². The Bertz CT molecular complexity index is 1270. The molecule has 1 saturated heterocycles. The summed E-state index contributed by atoms with van der Waals surface area (Å²) in [6.45, 7) is 0.458. The van der Waals surface area contributed by atoms with Crippen molar-refractivity contribution in [3.8, 4) is 0 Å². The number of imidazole rings is 1. The summed E-state index contributed by atoms with van der Waals surface area (Å²) in [6, 6.07) is 12.3. The summed E-state index contributed by atoms with van der Waals surface area (Å²) >= 11 is 0. The van der Waals surface area contributed by atoms with Crippen LogP contribution in [0.5, 0.6) is 0 Å². The normalized spacial score (nSPS) is 24.6. The maximum atomic E-state index is 13.5. The number of H-pyrrole nitrogens is 1. The van der Waals surface area contributed by atoms with Crippen molar-refractivity contribution in [1.29, 1.82) is 0 Å². The van der Waals surface area contributed by atoms with Gasteiger partial charge in [-0.3, -0.25) is 0 Å². The molecule has 6 rings (SSSR count). The van der Waals surface area contributed by atoms with Crippen molar-refractivity contribution in [2.45, 2.75) is 69.2 Å². The predicted molar refractivity (Wildman–Crippen MR) is 136 cm³/mol. The molecule has 202 valence electrons. The number of nitrogens with one attached hydrogen (secondary N) is 3. The molecule has 0 unspecified atom stereocenters. The van der Waals surface area contributed by atoms with Crippen molar-refractivity contribution < 1.29 is 23.4 Å².